The molecule has 168 valence electrons. The summed E-state index contributed by atoms with van der Waals surface area (Å²) in [7, 11) is 2.96. The molecule has 4 atom stereocenters. The van der Waals surface area contributed by atoms with Gasteiger partial charge in [-0.05, 0) is 29.3 Å². The van der Waals surface area contributed by atoms with Crippen LogP contribution in [0.2, 0.25) is 0 Å². The fraction of sp³-hybridized carbons (Fsp3) is 0.455. The maximum absolute atomic E-state index is 13.0. The van der Waals surface area contributed by atoms with Crippen molar-refractivity contribution in [2.24, 2.45) is 10.9 Å². The van der Waals surface area contributed by atoms with Crippen LogP contribution < -0.4 is 15.4 Å². The maximum Gasteiger partial charge on any atom is 0.322 e. The summed E-state index contributed by atoms with van der Waals surface area (Å²) in [6, 6.07) is 5.01. The predicted octanol–water partition coefficient (Wildman–Crippen LogP) is 0.504. The Kier molecular flexibility index (Phi) is 4.89. The van der Waals surface area contributed by atoms with Crippen molar-refractivity contribution in [2.75, 3.05) is 20.8 Å². The van der Waals surface area contributed by atoms with Crippen LogP contribution in [-0.2, 0) is 32.2 Å². The van der Waals surface area contributed by atoms with Crippen LogP contribution in [0.4, 0.5) is 4.79 Å². The molecule has 0 aliphatic carbocycles. The minimum Gasteiger partial charge on any atom is -0.497 e. The Morgan fingerprint density at radius 2 is 2.09 bits per heavy atom. The van der Waals surface area contributed by atoms with E-state index in [9.17, 15) is 14.4 Å². The number of carbonyl (C=O) groups excluding carboxylic acids is 3. The zero-order chi connectivity index (χ0) is 22.5. The number of methoxy groups -OCH3 is 2. The molecule has 4 unspecified atom stereocenters. The lowest BCUT2D eigenvalue weighted by Gasteiger charge is -2.32. The van der Waals surface area contributed by atoms with E-state index in [1.54, 1.807) is 19.4 Å². The van der Waals surface area contributed by atoms with E-state index in [2.05, 4.69) is 20.5 Å². The van der Waals surface area contributed by atoms with Gasteiger partial charge in [0, 0.05) is 32.3 Å². The minimum atomic E-state index is -1.36. The zero-order valence-electron chi connectivity index (χ0n) is 17.8. The number of ether oxygens (including phenoxy) is 3. The second kappa shape index (κ2) is 7.63. The molecule has 1 aromatic carbocycles. The van der Waals surface area contributed by atoms with E-state index in [0.717, 1.165) is 16.9 Å². The number of hydrogen-bond acceptors (Lipinski definition) is 8. The van der Waals surface area contributed by atoms with Crippen LogP contribution in [0.1, 0.15) is 17.5 Å². The number of aliphatic imine (C=N–C) groups is 1. The van der Waals surface area contributed by atoms with Gasteiger partial charge in [-0.3, -0.25) is 24.8 Å². The quantitative estimate of drug-likeness (QED) is 0.506. The predicted molar refractivity (Wildman–Crippen MR) is 112 cm³/mol. The van der Waals surface area contributed by atoms with Crippen molar-refractivity contribution in [3.05, 3.63) is 41.2 Å². The van der Waals surface area contributed by atoms with Gasteiger partial charge in [-0.15, -0.1) is 0 Å². The molecule has 0 aromatic heterocycles. The molecule has 4 aliphatic heterocycles. The Morgan fingerprint density at radius 1 is 1.28 bits per heavy atom. The first-order chi connectivity index (χ1) is 15.4. The van der Waals surface area contributed by atoms with Gasteiger partial charge in [-0.2, -0.15) is 0 Å². The third kappa shape index (κ3) is 3.31. The van der Waals surface area contributed by atoms with Crippen molar-refractivity contribution >= 4 is 24.1 Å². The van der Waals surface area contributed by atoms with Crippen molar-refractivity contribution in [3.63, 3.8) is 0 Å². The zero-order valence-corrected chi connectivity index (χ0v) is 17.8. The summed E-state index contributed by atoms with van der Waals surface area (Å²) < 4.78 is 16.3. The number of nitrogens with zero attached hydrogens (tertiary/aromatic N) is 2. The van der Waals surface area contributed by atoms with Crippen molar-refractivity contribution in [1.82, 2.24) is 15.5 Å². The molecule has 1 fully saturated rings. The Bertz CT molecular complexity index is 1050. The molecular formula is C22H24N4O6. The second-order valence-corrected chi connectivity index (χ2v) is 8.43. The Hall–Kier alpha value is -3.40. The highest BCUT2D eigenvalue weighted by atomic mass is 16.5. The first-order valence-electron chi connectivity index (χ1n) is 10.4. The fourth-order valence-electron chi connectivity index (χ4n) is 4.80. The van der Waals surface area contributed by atoms with Crippen LogP contribution in [0, 0.1) is 5.92 Å². The number of rotatable bonds is 5. The standard InChI is InChI=1S/C22H24N4O6/c1-30-15-4-3-12-9-26(10-14(12)5-15)11-22(20(28)24-21(29)25-22)18-7-16-17(32-18)6-13(8-23-16)19(27)31-2/h3-5,7-8,13,16-17H,6,9-11H2,1-2H3,(H2,24,25,28,29). The highest BCUT2D eigenvalue weighted by Gasteiger charge is 2.55. The molecule has 0 radical (unpaired) electrons. The monoisotopic (exact) mass is 440 g/mol. The van der Waals surface area contributed by atoms with E-state index < -0.39 is 29.5 Å². The summed E-state index contributed by atoms with van der Waals surface area (Å²) >= 11 is 0. The molecule has 5 rings (SSSR count). The smallest absolute Gasteiger partial charge is 0.322 e. The van der Waals surface area contributed by atoms with Crippen LogP contribution in [0.3, 0.4) is 0 Å². The molecule has 4 heterocycles. The molecule has 10 nitrogen and oxygen atoms in total. The highest BCUT2D eigenvalue weighted by Crippen LogP contribution is 2.37. The van der Waals surface area contributed by atoms with Crippen LogP contribution in [0.15, 0.2) is 35.0 Å². The number of benzene rings is 1. The van der Waals surface area contributed by atoms with E-state index in [0.29, 0.717) is 25.3 Å². The van der Waals surface area contributed by atoms with Crippen LogP contribution in [-0.4, -0.2) is 67.5 Å². The number of hydrogen-bond donors (Lipinski definition) is 2. The van der Waals surface area contributed by atoms with Gasteiger partial charge in [0.15, 0.2) is 5.54 Å². The van der Waals surface area contributed by atoms with Gasteiger partial charge in [0.05, 0.1) is 20.1 Å². The van der Waals surface area contributed by atoms with E-state index in [4.69, 9.17) is 14.2 Å². The second-order valence-electron chi connectivity index (χ2n) is 8.43. The molecule has 2 N–H and O–H groups in total. The Labute approximate surface area is 184 Å². The molecule has 32 heavy (non-hydrogen) atoms. The maximum atomic E-state index is 13.0. The number of esters is 1. The average Bonchev–Trinajstić information content (AvgIpc) is 3.47. The van der Waals surface area contributed by atoms with Gasteiger partial charge in [0.2, 0.25) is 0 Å². The van der Waals surface area contributed by atoms with Crippen molar-refractivity contribution < 1.29 is 28.6 Å². The highest BCUT2D eigenvalue weighted by molar-refractivity contribution is 6.09. The van der Waals surface area contributed by atoms with Gasteiger partial charge in [-0.1, -0.05) is 6.07 Å². The first kappa shape index (κ1) is 20.5. The summed E-state index contributed by atoms with van der Waals surface area (Å²) in [5, 5.41) is 5.13. The number of fused-ring (bicyclic) bond motifs is 2. The largest absolute Gasteiger partial charge is 0.497 e. The number of imide groups is 1. The lowest BCUT2D eigenvalue weighted by molar-refractivity contribution is -0.144. The number of amides is 3. The number of nitrogens with one attached hydrogen (secondary N) is 2. The van der Waals surface area contributed by atoms with Crippen molar-refractivity contribution in [3.8, 4) is 5.75 Å². The first-order valence-corrected chi connectivity index (χ1v) is 10.4. The van der Waals surface area contributed by atoms with E-state index in [1.807, 2.05) is 18.2 Å². The van der Waals surface area contributed by atoms with Crippen LogP contribution in [0.5, 0.6) is 5.75 Å². The van der Waals surface area contributed by atoms with Crippen molar-refractivity contribution in [1.29, 1.82) is 0 Å². The van der Waals surface area contributed by atoms with Gasteiger partial charge < -0.3 is 19.5 Å². The lowest BCUT2D eigenvalue weighted by atomic mass is 9.93. The third-order valence-electron chi connectivity index (χ3n) is 6.43. The topological polar surface area (TPSA) is 119 Å². The minimum absolute atomic E-state index is 0.233. The SMILES string of the molecule is COC(=O)C1C=NC2C=C(C3(CN4Cc5ccc(OC)cc5C4)NC(=O)NC3=O)OC2C1. The molecule has 4 aliphatic rings. The summed E-state index contributed by atoms with van der Waals surface area (Å²) in [4.78, 5) is 43.6. The number of urea groups is 1. The summed E-state index contributed by atoms with van der Waals surface area (Å²) in [6.45, 7) is 1.48. The normalized spacial score (nSPS) is 30.7. The molecule has 0 saturated carbocycles. The van der Waals surface area contributed by atoms with Crippen LogP contribution in [0.25, 0.3) is 0 Å². The Morgan fingerprint density at radius 3 is 2.81 bits per heavy atom. The lowest BCUT2D eigenvalue weighted by Crippen LogP contribution is -2.56. The van der Waals surface area contributed by atoms with Gasteiger partial charge in [0.25, 0.3) is 5.91 Å². The summed E-state index contributed by atoms with van der Waals surface area (Å²) in [5.74, 6) is -0.214. The average molecular weight is 440 g/mol. The van der Waals surface area contributed by atoms with Crippen LogP contribution >= 0.6 is 0 Å². The molecule has 0 spiro atoms. The van der Waals surface area contributed by atoms with Gasteiger partial charge in [0.1, 0.15) is 23.7 Å². The molecule has 1 saturated heterocycles. The van der Waals surface area contributed by atoms with E-state index in [1.165, 1.54) is 7.11 Å². The summed E-state index contributed by atoms with van der Waals surface area (Å²) in [6.07, 6.45) is 3.33. The molecule has 10 heteroatoms. The fourth-order valence-corrected chi connectivity index (χ4v) is 4.80. The summed E-state index contributed by atoms with van der Waals surface area (Å²) in [5.41, 5.74) is 0.896. The molecule has 1 aromatic rings. The molecular weight excluding hydrogens is 416 g/mol. The number of carbonyl (C=O) groups is 3. The Balaban J connectivity index is 1.38. The molecule has 3 amide bonds. The molecule has 0 bridgehead atoms. The van der Waals surface area contributed by atoms with E-state index >= 15 is 0 Å². The van der Waals surface area contributed by atoms with Gasteiger partial charge >= 0.3 is 12.0 Å². The van der Waals surface area contributed by atoms with Gasteiger partial charge in [-0.25, -0.2) is 4.79 Å². The third-order valence-corrected chi connectivity index (χ3v) is 6.43. The van der Waals surface area contributed by atoms with E-state index in [-0.39, 0.29) is 18.6 Å². The van der Waals surface area contributed by atoms with Crippen molar-refractivity contribution in [2.45, 2.75) is 37.2 Å².